The van der Waals surface area contributed by atoms with E-state index in [0.29, 0.717) is 0 Å². The molecule has 0 amide bonds. The van der Waals surface area contributed by atoms with E-state index in [1.54, 1.807) is 13.8 Å². The maximum atomic E-state index is 12.1. The summed E-state index contributed by atoms with van der Waals surface area (Å²) in [5.41, 5.74) is 0. The van der Waals surface area contributed by atoms with E-state index in [1.807, 2.05) is 0 Å². The highest BCUT2D eigenvalue weighted by Crippen LogP contribution is 2.27. The number of thioether (sulfide) groups is 1. The second-order valence-corrected chi connectivity index (χ2v) is 3.57. The van der Waals surface area contributed by atoms with Gasteiger partial charge in [0.15, 0.2) is 0 Å². The Kier molecular flexibility index (Phi) is 4.23. The van der Waals surface area contributed by atoms with E-state index in [-0.39, 0.29) is 5.25 Å². The van der Waals surface area contributed by atoms with Crippen molar-refractivity contribution in [2.75, 3.05) is 0 Å². The molecule has 0 fully saturated rings. The fraction of sp³-hybridized carbons (Fsp3) is 0.600. The second-order valence-electron chi connectivity index (χ2n) is 1.70. The summed E-state index contributed by atoms with van der Waals surface area (Å²) in [6.45, 7) is 3.51. The molecule has 0 rings (SSSR count). The first kappa shape index (κ1) is 9.24. The molecule has 0 bridgehead atoms. The molecule has 0 aliphatic carbocycles. The van der Waals surface area contributed by atoms with Crippen LogP contribution in [0.5, 0.6) is 0 Å². The molecule has 0 aliphatic heterocycles. The van der Waals surface area contributed by atoms with Gasteiger partial charge >= 0.3 is 0 Å². The molecule has 0 aromatic rings. The van der Waals surface area contributed by atoms with Crippen LogP contribution >= 0.6 is 23.4 Å². The van der Waals surface area contributed by atoms with Crippen LogP contribution in [0.4, 0.5) is 8.78 Å². The van der Waals surface area contributed by atoms with Crippen LogP contribution < -0.4 is 0 Å². The van der Waals surface area contributed by atoms with Gasteiger partial charge in [-0.1, -0.05) is 25.6 Å². The summed E-state index contributed by atoms with van der Waals surface area (Å²) in [4.78, 5) is 0. The van der Waals surface area contributed by atoms with Crippen molar-refractivity contribution in [3.63, 3.8) is 0 Å². The maximum Gasteiger partial charge on any atom is 0.231 e. The molecule has 0 nitrogen and oxygen atoms in total. The van der Waals surface area contributed by atoms with E-state index >= 15 is 0 Å². The normalized spacial score (nSPS) is 14.0. The zero-order valence-electron chi connectivity index (χ0n) is 5.12. The fourth-order valence-electron chi connectivity index (χ4n) is 0.251. The summed E-state index contributed by atoms with van der Waals surface area (Å²) in [5, 5.41) is -2.17. The zero-order valence-corrected chi connectivity index (χ0v) is 6.69. The van der Waals surface area contributed by atoms with Crippen LogP contribution in [0.3, 0.4) is 0 Å². The van der Waals surface area contributed by atoms with Crippen molar-refractivity contribution in [3.05, 3.63) is 10.4 Å². The molecule has 0 radical (unpaired) electrons. The predicted molar refractivity (Wildman–Crippen MR) is 37.8 cm³/mol. The van der Waals surface area contributed by atoms with Crippen molar-refractivity contribution >= 4 is 23.4 Å². The van der Waals surface area contributed by atoms with Crippen LogP contribution in [-0.4, -0.2) is 5.25 Å². The van der Waals surface area contributed by atoms with E-state index in [4.69, 9.17) is 0 Å². The number of halogens is 3. The standard InChI is InChI=1S/C5H7ClF2S/c1-3(2)9-5(8)4(6)7/h3H,1-2H3. The fourth-order valence-corrected chi connectivity index (χ4v) is 0.888. The van der Waals surface area contributed by atoms with Crippen LogP contribution in [0.2, 0.25) is 0 Å². The SMILES string of the molecule is CC(C)SC(F)=C(F)Cl. The average molecular weight is 173 g/mol. The first-order chi connectivity index (χ1) is 4.04. The molecule has 54 valence electrons. The molecule has 0 heterocycles. The Bertz CT molecular complexity index is 118. The van der Waals surface area contributed by atoms with Gasteiger partial charge in [-0.05, 0) is 11.6 Å². The summed E-state index contributed by atoms with van der Waals surface area (Å²) >= 11 is 5.46. The Labute approximate surface area is 62.3 Å². The third-order valence-electron chi connectivity index (χ3n) is 0.488. The molecular weight excluding hydrogens is 166 g/mol. The first-order valence-corrected chi connectivity index (χ1v) is 3.67. The van der Waals surface area contributed by atoms with Gasteiger partial charge in [0.25, 0.3) is 0 Å². The molecular formula is C5H7ClF2S. The lowest BCUT2D eigenvalue weighted by Gasteiger charge is -1.98. The smallest absolute Gasteiger partial charge is 0.195 e. The molecule has 0 aromatic heterocycles. The van der Waals surface area contributed by atoms with Gasteiger partial charge in [0.2, 0.25) is 10.4 Å². The quantitative estimate of drug-likeness (QED) is 0.615. The van der Waals surface area contributed by atoms with Gasteiger partial charge in [-0.25, -0.2) is 0 Å². The lowest BCUT2D eigenvalue weighted by atomic mass is 10.6. The summed E-state index contributed by atoms with van der Waals surface area (Å²) in [5.74, 6) is 0. The van der Waals surface area contributed by atoms with Gasteiger partial charge in [-0.15, -0.1) is 0 Å². The minimum Gasteiger partial charge on any atom is -0.195 e. The minimum atomic E-state index is -1.26. The molecule has 0 N–H and O–H groups in total. The summed E-state index contributed by atoms with van der Waals surface area (Å²) in [6, 6.07) is 0. The Morgan fingerprint density at radius 3 is 2.00 bits per heavy atom. The minimum absolute atomic E-state index is 0.0227. The molecule has 4 heteroatoms. The van der Waals surface area contributed by atoms with E-state index in [0.717, 1.165) is 11.8 Å². The third kappa shape index (κ3) is 4.73. The summed E-state index contributed by atoms with van der Waals surface area (Å²) < 4.78 is 23.8. The van der Waals surface area contributed by atoms with Gasteiger partial charge in [0.1, 0.15) is 0 Å². The highest BCUT2D eigenvalue weighted by molar-refractivity contribution is 8.03. The Balaban J connectivity index is 3.77. The highest BCUT2D eigenvalue weighted by Gasteiger charge is 2.05. The molecule has 0 saturated heterocycles. The lowest BCUT2D eigenvalue weighted by Crippen LogP contribution is -1.84. The zero-order chi connectivity index (χ0) is 7.44. The van der Waals surface area contributed by atoms with Crippen LogP contribution in [0.1, 0.15) is 13.8 Å². The second kappa shape index (κ2) is 4.12. The number of rotatable bonds is 2. The molecule has 0 aliphatic rings. The summed E-state index contributed by atoms with van der Waals surface area (Å²) in [6.07, 6.45) is 0. The van der Waals surface area contributed by atoms with Gasteiger partial charge in [0, 0.05) is 5.25 Å². The highest BCUT2D eigenvalue weighted by atomic mass is 35.5. The molecule has 0 aromatic carbocycles. The third-order valence-corrected chi connectivity index (χ3v) is 1.62. The molecule has 0 saturated carbocycles. The Hall–Kier alpha value is 0.240. The number of hydrogen-bond donors (Lipinski definition) is 0. The predicted octanol–water partition coefficient (Wildman–Crippen LogP) is 3.43. The molecule has 0 spiro atoms. The van der Waals surface area contributed by atoms with Gasteiger partial charge in [-0.2, -0.15) is 8.78 Å². The largest absolute Gasteiger partial charge is 0.231 e. The van der Waals surface area contributed by atoms with Crippen LogP contribution in [0.25, 0.3) is 0 Å². The maximum absolute atomic E-state index is 12.1. The molecule has 0 atom stereocenters. The lowest BCUT2D eigenvalue weighted by molar-refractivity contribution is 0.612. The summed E-state index contributed by atoms with van der Waals surface area (Å²) in [7, 11) is 0. The number of hydrogen-bond acceptors (Lipinski definition) is 1. The molecule has 9 heavy (non-hydrogen) atoms. The van der Waals surface area contributed by atoms with Gasteiger partial charge in [-0.3, -0.25) is 0 Å². The Morgan fingerprint density at radius 1 is 1.44 bits per heavy atom. The van der Waals surface area contributed by atoms with Crippen molar-refractivity contribution in [1.82, 2.24) is 0 Å². The van der Waals surface area contributed by atoms with E-state index in [1.165, 1.54) is 0 Å². The monoisotopic (exact) mass is 172 g/mol. The average Bonchev–Trinajstić information content (AvgIpc) is 1.63. The Morgan fingerprint density at radius 2 is 1.89 bits per heavy atom. The molecule has 0 unspecified atom stereocenters. The van der Waals surface area contributed by atoms with Crippen molar-refractivity contribution in [2.45, 2.75) is 19.1 Å². The van der Waals surface area contributed by atoms with Gasteiger partial charge < -0.3 is 0 Å². The van der Waals surface area contributed by atoms with Crippen molar-refractivity contribution in [1.29, 1.82) is 0 Å². The topological polar surface area (TPSA) is 0 Å². The van der Waals surface area contributed by atoms with E-state index < -0.39 is 10.4 Å². The van der Waals surface area contributed by atoms with Crippen LogP contribution in [-0.2, 0) is 0 Å². The van der Waals surface area contributed by atoms with Crippen molar-refractivity contribution < 1.29 is 8.78 Å². The van der Waals surface area contributed by atoms with Crippen molar-refractivity contribution in [3.8, 4) is 0 Å². The van der Waals surface area contributed by atoms with Gasteiger partial charge in [0.05, 0.1) is 0 Å². The van der Waals surface area contributed by atoms with E-state index in [2.05, 4.69) is 11.6 Å². The first-order valence-electron chi connectivity index (χ1n) is 2.41. The van der Waals surface area contributed by atoms with Crippen LogP contribution in [0.15, 0.2) is 10.4 Å². The van der Waals surface area contributed by atoms with Crippen molar-refractivity contribution in [2.24, 2.45) is 0 Å². The van der Waals surface area contributed by atoms with E-state index in [9.17, 15) is 8.78 Å². The van der Waals surface area contributed by atoms with Crippen LogP contribution in [0, 0.1) is 0 Å².